The topological polar surface area (TPSA) is 56.7 Å². The van der Waals surface area contributed by atoms with Crippen LogP contribution in [-0.2, 0) is 0 Å². The molecular weight excluding hydrogens is 280 g/mol. The van der Waals surface area contributed by atoms with Crippen LogP contribution in [0, 0.1) is 0 Å². The van der Waals surface area contributed by atoms with E-state index in [4.69, 9.17) is 5.73 Å². The van der Waals surface area contributed by atoms with E-state index in [0.717, 1.165) is 15.9 Å². The molecule has 1 aromatic heterocycles. The zero-order valence-corrected chi connectivity index (χ0v) is 10.9. The van der Waals surface area contributed by atoms with Gasteiger partial charge in [0.25, 0.3) is 0 Å². The standard InChI is InChI=1S/C12H13BrN4/c13-9-4-6-10(7-5-9)17-12(14)11(15-16-17)8-2-1-3-8/h4-8H,1-3,14H2. The summed E-state index contributed by atoms with van der Waals surface area (Å²) in [4.78, 5) is 0. The highest BCUT2D eigenvalue weighted by Gasteiger charge is 2.26. The number of nitrogens with two attached hydrogens (primary N) is 1. The Kier molecular flexibility index (Phi) is 2.63. The van der Waals surface area contributed by atoms with E-state index in [1.54, 1.807) is 4.68 Å². The summed E-state index contributed by atoms with van der Waals surface area (Å²) >= 11 is 3.41. The number of rotatable bonds is 2. The number of hydrogen-bond acceptors (Lipinski definition) is 3. The molecule has 3 rings (SSSR count). The average Bonchev–Trinajstić information content (AvgIpc) is 2.60. The number of halogens is 1. The number of hydrogen-bond donors (Lipinski definition) is 1. The molecule has 2 aromatic rings. The Morgan fingerprint density at radius 1 is 1.24 bits per heavy atom. The molecule has 5 heteroatoms. The number of nitrogens with zero attached hydrogens (tertiary/aromatic N) is 3. The molecule has 17 heavy (non-hydrogen) atoms. The van der Waals surface area contributed by atoms with Crippen LogP contribution in [0.3, 0.4) is 0 Å². The van der Waals surface area contributed by atoms with E-state index in [1.807, 2.05) is 24.3 Å². The zero-order chi connectivity index (χ0) is 11.8. The minimum atomic E-state index is 0.513. The Morgan fingerprint density at radius 2 is 1.94 bits per heavy atom. The second-order valence-electron chi connectivity index (χ2n) is 4.38. The highest BCUT2D eigenvalue weighted by Crippen LogP contribution is 2.38. The fraction of sp³-hybridized carbons (Fsp3) is 0.333. The van der Waals surface area contributed by atoms with E-state index in [1.165, 1.54) is 19.3 Å². The van der Waals surface area contributed by atoms with Crippen LogP contribution >= 0.6 is 15.9 Å². The average molecular weight is 293 g/mol. The Hall–Kier alpha value is -1.36. The Balaban J connectivity index is 1.97. The van der Waals surface area contributed by atoms with Crippen LogP contribution in [0.25, 0.3) is 5.69 Å². The van der Waals surface area contributed by atoms with Gasteiger partial charge in [-0.2, -0.15) is 4.68 Å². The van der Waals surface area contributed by atoms with Gasteiger partial charge in [-0.3, -0.25) is 0 Å². The van der Waals surface area contributed by atoms with Gasteiger partial charge in [-0.25, -0.2) is 0 Å². The van der Waals surface area contributed by atoms with E-state index in [-0.39, 0.29) is 0 Å². The quantitative estimate of drug-likeness (QED) is 0.926. The van der Waals surface area contributed by atoms with E-state index in [9.17, 15) is 0 Å². The van der Waals surface area contributed by atoms with Gasteiger partial charge in [0.2, 0.25) is 0 Å². The van der Waals surface area contributed by atoms with Crippen molar-refractivity contribution in [2.45, 2.75) is 25.2 Å². The number of benzene rings is 1. The molecule has 4 nitrogen and oxygen atoms in total. The normalized spacial score (nSPS) is 15.8. The molecule has 1 aliphatic rings. The molecular formula is C12H13BrN4. The first-order chi connectivity index (χ1) is 8.25. The SMILES string of the molecule is Nc1c(C2CCC2)nnn1-c1ccc(Br)cc1. The number of anilines is 1. The summed E-state index contributed by atoms with van der Waals surface area (Å²) < 4.78 is 2.75. The van der Waals surface area contributed by atoms with Crippen LogP contribution in [0.5, 0.6) is 0 Å². The van der Waals surface area contributed by atoms with Crippen molar-refractivity contribution in [2.75, 3.05) is 5.73 Å². The molecule has 2 N–H and O–H groups in total. The number of aromatic nitrogens is 3. The van der Waals surface area contributed by atoms with Gasteiger partial charge in [0.05, 0.1) is 5.69 Å². The van der Waals surface area contributed by atoms with Crippen molar-refractivity contribution in [3.05, 3.63) is 34.4 Å². The van der Waals surface area contributed by atoms with Crippen LogP contribution in [0.4, 0.5) is 5.82 Å². The van der Waals surface area contributed by atoms with Crippen molar-refractivity contribution < 1.29 is 0 Å². The van der Waals surface area contributed by atoms with E-state index >= 15 is 0 Å². The molecule has 0 unspecified atom stereocenters. The van der Waals surface area contributed by atoms with Gasteiger partial charge in [0, 0.05) is 10.4 Å². The van der Waals surface area contributed by atoms with Gasteiger partial charge in [-0.05, 0) is 37.1 Å². The summed E-state index contributed by atoms with van der Waals surface area (Å²) in [6.45, 7) is 0. The maximum Gasteiger partial charge on any atom is 0.151 e. The molecule has 0 amide bonds. The van der Waals surface area contributed by atoms with Crippen LogP contribution < -0.4 is 5.73 Å². The minimum absolute atomic E-state index is 0.513. The zero-order valence-electron chi connectivity index (χ0n) is 9.31. The third-order valence-corrected chi connectivity index (χ3v) is 3.82. The molecule has 0 saturated heterocycles. The lowest BCUT2D eigenvalue weighted by Crippen LogP contribution is -2.12. The van der Waals surface area contributed by atoms with Gasteiger partial charge in [0.15, 0.2) is 5.82 Å². The van der Waals surface area contributed by atoms with Gasteiger partial charge < -0.3 is 5.73 Å². The monoisotopic (exact) mass is 292 g/mol. The fourth-order valence-corrected chi connectivity index (χ4v) is 2.31. The fourth-order valence-electron chi connectivity index (χ4n) is 2.05. The molecule has 1 saturated carbocycles. The van der Waals surface area contributed by atoms with Gasteiger partial charge in [0.1, 0.15) is 5.69 Å². The first-order valence-electron chi connectivity index (χ1n) is 5.73. The molecule has 0 spiro atoms. The van der Waals surface area contributed by atoms with Crippen molar-refractivity contribution in [3.8, 4) is 5.69 Å². The van der Waals surface area contributed by atoms with Crippen molar-refractivity contribution in [1.29, 1.82) is 0 Å². The second kappa shape index (κ2) is 4.14. The molecule has 0 aliphatic heterocycles. The highest BCUT2D eigenvalue weighted by atomic mass is 79.9. The molecule has 1 fully saturated rings. The van der Waals surface area contributed by atoms with Crippen molar-refractivity contribution in [3.63, 3.8) is 0 Å². The van der Waals surface area contributed by atoms with Crippen molar-refractivity contribution in [1.82, 2.24) is 15.0 Å². The molecule has 88 valence electrons. The predicted molar refractivity (Wildman–Crippen MR) is 70.1 cm³/mol. The molecule has 0 atom stereocenters. The molecule has 1 heterocycles. The molecule has 0 bridgehead atoms. The largest absolute Gasteiger partial charge is 0.382 e. The summed E-state index contributed by atoms with van der Waals surface area (Å²) in [6.07, 6.45) is 3.64. The third kappa shape index (κ3) is 1.84. The van der Waals surface area contributed by atoms with Gasteiger partial charge in [-0.1, -0.05) is 27.6 Å². The molecule has 1 aromatic carbocycles. The summed E-state index contributed by atoms with van der Waals surface area (Å²) in [7, 11) is 0. The minimum Gasteiger partial charge on any atom is -0.382 e. The van der Waals surface area contributed by atoms with E-state index in [2.05, 4.69) is 26.2 Å². The van der Waals surface area contributed by atoms with Crippen molar-refractivity contribution >= 4 is 21.7 Å². The van der Waals surface area contributed by atoms with Crippen LogP contribution in [-0.4, -0.2) is 15.0 Å². The number of nitrogen functional groups attached to an aromatic ring is 1. The van der Waals surface area contributed by atoms with E-state index < -0.39 is 0 Å². The highest BCUT2D eigenvalue weighted by molar-refractivity contribution is 9.10. The first-order valence-corrected chi connectivity index (χ1v) is 6.52. The molecule has 1 aliphatic carbocycles. The van der Waals surface area contributed by atoms with Crippen LogP contribution in [0.1, 0.15) is 30.9 Å². The maximum atomic E-state index is 6.11. The summed E-state index contributed by atoms with van der Waals surface area (Å²) in [5, 5.41) is 8.36. The smallest absolute Gasteiger partial charge is 0.151 e. The summed E-state index contributed by atoms with van der Waals surface area (Å²) in [6, 6.07) is 7.89. The maximum absolute atomic E-state index is 6.11. The Labute approximate surface area is 108 Å². The Morgan fingerprint density at radius 3 is 2.53 bits per heavy atom. The lowest BCUT2D eigenvalue weighted by Gasteiger charge is -2.23. The van der Waals surface area contributed by atoms with Crippen LogP contribution in [0.2, 0.25) is 0 Å². The van der Waals surface area contributed by atoms with Crippen LogP contribution in [0.15, 0.2) is 28.7 Å². The summed E-state index contributed by atoms with van der Waals surface area (Å²) in [5.41, 5.74) is 8.02. The Bertz CT molecular complexity index is 528. The third-order valence-electron chi connectivity index (χ3n) is 3.30. The van der Waals surface area contributed by atoms with Crippen molar-refractivity contribution in [2.24, 2.45) is 0 Å². The second-order valence-corrected chi connectivity index (χ2v) is 5.29. The lowest BCUT2D eigenvalue weighted by molar-refractivity contribution is 0.411. The predicted octanol–water partition coefficient (Wildman–Crippen LogP) is 2.88. The van der Waals surface area contributed by atoms with E-state index in [0.29, 0.717) is 11.7 Å². The molecule has 0 radical (unpaired) electrons. The van der Waals surface area contributed by atoms with Gasteiger partial charge in [-0.15, -0.1) is 5.10 Å². The first kappa shape index (κ1) is 10.8. The lowest BCUT2D eigenvalue weighted by atomic mass is 9.83. The summed E-state index contributed by atoms with van der Waals surface area (Å²) in [5.74, 6) is 1.19. The van der Waals surface area contributed by atoms with Gasteiger partial charge >= 0.3 is 0 Å².